The van der Waals surface area contributed by atoms with Crippen LogP contribution in [0.4, 0.5) is 0 Å². The molecule has 0 amide bonds. The molecule has 3 heteroatoms. The standard InChI is InChI=1S/C8H21N3/c1-5-7-11(10(3)4)8(9)6-2/h8H,5-7,9H2,1-4H3. The molecular weight excluding hydrogens is 138 g/mol. The number of nitrogens with two attached hydrogens (primary N) is 1. The van der Waals surface area contributed by atoms with Gasteiger partial charge in [0.2, 0.25) is 0 Å². The minimum absolute atomic E-state index is 0.171. The highest BCUT2D eigenvalue weighted by molar-refractivity contribution is 4.58. The van der Waals surface area contributed by atoms with Gasteiger partial charge in [-0.15, -0.1) is 0 Å². The van der Waals surface area contributed by atoms with Gasteiger partial charge < -0.3 is 5.73 Å². The Bertz CT molecular complexity index is 93.3. The zero-order valence-electron chi connectivity index (χ0n) is 8.17. The SMILES string of the molecule is CCCN(C(N)CC)N(C)C. The second-order valence-corrected chi connectivity index (χ2v) is 2.99. The van der Waals surface area contributed by atoms with E-state index in [0.29, 0.717) is 0 Å². The molecule has 0 aromatic carbocycles. The van der Waals surface area contributed by atoms with Gasteiger partial charge in [0.15, 0.2) is 0 Å². The summed E-state index contributed by atoms with van der Waals surface area (Å²) in [6.07, 6.45) is 2.31. The van der Waals surface area contributed by atoms with Crippen molar-refractivity contribution in [2.75, 3.05) is 20.6 Å². The van der Waals surface area contributed by atoms with Crippen LogP contribution in [0.15, 0.2) is 0 Å². The molecular formula is C8H21N3. The van der Waals surface area contributed by atoms with E-state index in [4.69, 9.17) is 5.73 Å². The second kappa shape index (κ2) is 5.52. The molecule has 0 saturated carbocycles. The van der Waals surface area contributed by atoms with Gasteiger partial charge in [-0.25, -0.2) is 10.0 Å². The minimum atomic E-state index is 0.171. The lowest BCUT2D eigenvalue weighted by Gasteiger charge is -2.33. The number of hydrogen-bond donors (Lipinski definition) is 1. The van der Waals surface area contributed by atoms with Crippen LogP contribution in [0, 0.1) is 0 Å². The fourth-order valence-electron chi connectivity index (χ4n) is 1.10. The Morgan fingerprint density at radius 2 is 1.82 bits per heavy atom. The Morgan fingerprint density at radius 1 is 1.27 bits per heavy atom. The molecule has 0 spiro atoms. The van der Waals surface area contributed by atoms with Crippen LogP contribution < -0.4 is 5.73 Å². The van der Waals surface area contributed by atoms with Crippen molar-refractivity contribution in [3.8, 4) is 0 Å². The molecule has 3 nitrogen and oxygen atoms in total. The third kappa shape index (κ3) is 3.70. The smallest absolute Gasteiger partial charge is 0.0707 e. The Labute approximate surface area is 70.1 Å². The van der Waals surface area contributed by atoms with Crippen molar-refractivity contribution in [2.24, 2.45) is 5.73 Å². The van der Waals surface area contributed by atoms with E-state index in [0.717, 1.165) is 19.4 Å². The van der Waals surface area contributed by atoms with E-state index in [-0.39, 0.29) is 6.17 Å². The molecule has 0 heterocycles. The third-order valence-electron chi connectivity index (χ3n) is 1.77. The maximum absolute atomic E-state index is 5.89. The van der Waals surface area contributed by atoms with Crippen LogP contribution in [0.3, 0.4) is 0 Å². The number of rotatable bonds is 5. The van der Waals surface area contributed by atoms with Gasteiger partial charge in [0.25, 0.3) is 0 Å². The Morgan fingerprint density at radius 3 is 2.09 bits per heavy atom. The summed E-state index contributed by atoms with van der Waals surface area (Å²) in [5.41, 5.74) is 5.89. The number of hydrazine groups is 1. The highest BCUT2D eigenvalue weighted by Gasteiger charge is 2.12. The van der Waals surface area contributed by atoms with Gasteiger partial charge in [0, 0.05) is 20.6 Å². The highest BCUT2D eigenvalue weighted by Crippen LogP contribution is 2.00. The molecule has 68 valence electrons. The fraction of sp³-hybridized carbons (Fsp3) is 1.00. The van der Waals surface area contributed by atoms with Gasteiger partial charge in [0.1, 0.15) is 0 Å². The topological polar surface area (TPSA) is 32.5 Å². The number of nitrogens with zero attached hydrogens (tertiary/aromatic N) is 2. The first-order valence-corrected chi connectivity index (χ1v) is 4.32. The molecule has 11 heavy (non-hydrogen) atoms. The number of hydrogen-bond acceptors (Lipinski definition) is 3. The van der Waals surface area contributed by atoms with Crippen LogP contribution in [-0.2, 0) is 0 Å². The molecule has 0 fully saturated rings. The van der Waals surface area contributed by atoms with Crippen molar-refractivity contribution in [1.82, 2.24) is 10.0 Å². The lowest BCUT2D eigenvalue weighted by molar-refractivity contribution is -0.0177. The van der Waals surface area contributed by atoms with Crippen LogP contribution in [-0.4, -0.2) is 36.8 Å². The van der Waals surface area contributed by atoms with E-state index in [9.17, 15) is 0 Å². The molecule has 1 unspecified atom stereocenters. The zero-order valence-corrected chi connectivity index (χ0v) is 8.17. The van der Waals surface area contributed by atoms with Crippen molar-refractivity contribution in [2.45, 2.75) is 32.9 Å². The Kier molecular flexibility index (Phi) is 5.46. The van der Waals surface area contributed by atoms with Crippen molar-refractivity contribution < 1.29 is 0 Å². The molecule has 0 bridgehead atoms. The van der Waals surface area contributed by atoms with Gasteiger partial charge >= 0.3 is 0 Å². The van der Waals surface area contributed by atoms with Gasteiger partial charge in [-0.1, -0.05) is 13.8 Å². The summed E-state index contributed by atoms with van der Waals surface area (Å²) in [5, 5.41) is 4.25. The maximum atomic E-state index is 5.89. The largest absolute Gasteiger partial charge is 0.315 e. The van der Waals surface area contributed by atoms with Crippen LogP contribution in [0.1, 0.15) is 26.7 Å². The fourth-order valence-corrected chi connectivity index (χ4v) is 1.10. The highest BCUT2D eigenvalue weighted by atomic mass is 15.6. The monoisotopic (exact) mass is 159 g/mol. The lowest BCUT2D eigenvalue weighted by Crippen LogP contribution is -2.49. The molecule has 2 N–H and O–H groups in total. The van der Waals surface area contributed by atoms with E-state index in [2.05, 4.69) is 23.9 Å². The predicted octanol–water partition coefficient (Wildman–Crippen LogP) is 0.870. The molecule has 0 saturated heterocycles. The molecule has 0 aromatic heterocycles. The van der Waals surface area contributed by atoms with E-state index < -0.39 is 0 Å². The molecule has 1 atom stereocenters. The first-order valence-electron chi connectivity index (χ1n) is 4.32. The molecule has 0 aliphatic carbocycles. The second-order valence-electron chi connectivity index (χ2n) is 2.99. The zero-order chi connectivity index (χ0) is 8.85. The molecule has 0 radical (unpaired) electrons. The van der Waals surface area contributed by atoms with Crippen molar-refractivity contribution >= 4 is 0 Å². The summed E-state index contributed by atoms with van der Waals surface area (Å²) in [4.78, 5) is 0. The van der Waals surface area contributed by atoms with Gasteiger partial charge in [-0.2, -0.15) is 0 Å². The maximum Gasteiger partial charge on any atom is 0.0707 e. The average molecular weight is 159 g/mol. The third-order valence-corrected chi connectivity index (χ3v) is 1.77. The minimum Gasteiger partial charge on any atom is -0.315 e. The van der Waals surface area contributed by atoms with Crippen LogP contribution in [0.2, 0.25) is 0 Å². The normalized spacial score (nSPS) is 14.5. The quantitative estimate of drug-likeness (QED) is 0.477. The molecule has 0 aliphatic rings. The predicted molar refractivity (Wildman–Crippen MR) is 49.0 cm³/mol. The Hall–Kier alpha value is -0.120. The van der Waals surface area contributed by atoms with E-state index in [1.165, 1.54) is 0 Å². The molecule has 0 aliphatic heterocycles. The summed E-state index contributed by atoms with van der Waals surface area (Å²) in [6.45, 7) is 5.32. The first kappa shape index (κ1) is 10.9. The van der Waals surface area contributed by atoms with E-state index in [1.807, 2.05) is 14.1 Å². The van der Waals surface area contributed by atoms with Crippen LogP contribution in [0.25, 0.3) is 0 Å². The summed E-state index contributed by atoms with van der Waals surface area (Å²) in [5.74, 6) is 0. The summed E-state index contributed by atoms with van der Waals surface area (Å²) in [7, 11) is 4.07. The van der Waals surface area contributed by atoms with Crippen molar-refractivity contribution in [3.05, 3.63) is 0 Å². The molecule has 0 aromatic rings. The van der Waals surface area contributed by atoms with Gasteiger partial charge in [-0.05, 0) is 12.8 Å². The summed E-state index contributed by atoms with van der Waals surface area (Å²) < 4.78 is 0. The van der Waals surface area contributed by atoms with Gasteiger partial charge in [-0.3, -0.25) is 0 Å². The summed E-state index contributed by atoms with van der Waals surface area (Å²) >= 11 is 0. The average Bonchev–Trinajstić information content (AvgIpc) is 1.98. The van der Waals surface area contributed by atoms with Crippen molar-refractivity contribution in [3.63, 3.8) is 0 Å². The van der Waals surface area contributed by atoms with E-state index in [1.54, 1.807) is 0 Å². The first-order chi connectivity index (χ1) is 5.13. The van der Waals surface area contributed by atoms with Crippen molar-refractivity contribution in [1.29, 1.82) is 0 Å². The Balaban J connectivity index is 3.87. The van der Waals surface area contributed by atoms with Crippen LogP contribution >= 0.6 is 0 Å². The lowest BCUT2D eigenvalue weighted by atomic mass is 10.3. The molecule has 0 rings (SSSR count). The summed E-state index contributed by atoms with van der Waals surface area (Å²) in [6, 6.07) is 0. The van der Waals surface area contributed by atoms with E-state index >= 15 is 0 Å². The van der Waals surface area contributed by atoms with Gasteiger partial charge in [0.05, 0.1) is 6.17 Å². The van der Waals surface area contributed by atoms with Crippen LogP contribution in [0.5, 0.6) is 0 Å².